The zero-order chi connectivity index (χ0) is 20.0. The number of nitro benzene ring substituents is 1. The summed E-state index contributed by atoms with van der Waals surface area (Å²) in [6, 6.07) is 7.98. The third-order valence-electron chi connectivity index (χ3n) is 3.31. The summed E-state index contributed by atoms with van der Waals surface area (Å²) in [7, 11) is -4.46. The summed E-state index contributed by atoms with van der Waals surface area (Å²) in [6.07, 6.45) is -1.51. The van der Waals surface area contributed by atoms with Crippen molar-refractivity contribution in [2.24, 2.45) is 0 Å². The second kappa shape index (κ2) is 7.48. The molecular formula is C14H7Cl5NO6P. The van der Waals surface area contributed by atoms with Crippen molar-refractivity contribution in [2.45, 2.75) is 9.90 Å². The van der Waals surface area contributed by atoms with Gasteiger partial charge in [-0.1, -0.05) is 58.0 Å². The van der Waals surface area contributed by atoms with Gasteiger partial charge in [-0.2, -0.15) is 0 Å². The number of rotatable bonds is 3. The monoisotopic (exact) mass is 491 g/mol. The number of fused-ring (bicyclic) bond motifs is 1. The molecule has 1 aliphatic heterocycles. The van der Waals surface area contributed by atoms with Gasteiger partial charge in [-0.05, 0) is 30.3 Å². The molecule has 0 bridgehead atoms. The van der Waals surface area contributed by atoms with Crippen LogP contribution in [0.4, 0.5) is 5.69 Å². The highest BCUT2D eigenvalue weighted by atomic mass is 35.6. The van der Waals surface area contributed by atoms with Crippen molar-refractivity contribution in [1.29, 1.82) is 0 Å². The van der Waals surface area contributed by atoms with Gasteiger partial charge in [0.2, 0.25) is 9.54 Å². The van der Waals surface area contributed by atoms with Gasteiger partial charge in [0.25, 0.3) is 0 Å². The van der Waals surface area contributed by atoms with Gasteiger partial charge < -0.3 is 9.05 Å². The van der Waals surface area contributed by atoms with Crippen LogP contribution < -0.4 is 9.05 Å². The van der Waals surface area contributed by atoms with Crippen LogP contribution in [0, 0.1) is 10.1 Å². The first kappa shape index (κ1) is 20.8. The summed E-state index contributed by atoms with van der Waals surface area (Å²) in [5, 5.41) is 11.7. The maximum Gasteiger partial charge on any atom is 0.588 e. The van der Waals surface area contributed by atoms with Crippen LogP contribution in [0.15, 0.2) is 36.4 Å². The lowest BCUT2D eigenvalue weighted by atomic mass is 10.1. The average molecular weight is 493 g/mol. The van der Waals surface area contributed by atoms with Gasteiger partial charge in [-0.15, -0.1) is 0 Å². The molecule has 0 fully saturated rings. The first-order chi connectivity index (χ1) is 12.5. The molecule has 0 aromatic heterocycles. The number of hydrogen-bond acceptors (Lipinski definition) is 6. The van der Waals surface area contributed by atoms with Crippen LogP contribution in [-0.2, 0) is 9.09 Å². The summed E-state index contributed by atoms with van der Waals surface area (Å²) >= 11 is 29.4. The molecule has 0 radical (unpaired) electrons. The van der Waals surface area contributed by atoms with Crippen LogP contribution in [0.5, 0.6) is 11.5 Å². The maximum absolute atomic E-state index is 13.0. The first-order valence-electron chi connectivity index (χ1n) is 6.96. The molecule has 0 aliphatic carbocycles. The van der Waals surface area contributed by atoms with E-state index in [1.54, 1.807) is 0 Å². The fourth-order valence-electron chi connectivity index (χ4n) is 2.25. The lowest BCUT2D eigenvalue weighted by Crippen LogP contribution is -2.26. The van der Waals surface area contributed by atoms with E-state index in [-0.39, 0.29) is 16.3 Å². The zero-order valence-corrected chi connectivity index (χ0v) is 17.4. The normalized spacial score (nSPS) is 21.9. The predicted octanol–water partition coefficient (Wildman–Crippen LogP) is 6.91. The Hall–Kier alpha value is -0.920. The Balaban J connectivity index is 2.11. The van der Waals surface area contributed by atoms with Crippen LogP contribution in [0.25, 0.3) is 0 Å². The number of phosphoric acid groups is 1. The molecule has 1 heterocycles. The Morgan fingerprint density at radius 1 is 1.11 bits per heavy atom. The Morgan fingerprint density at radius 3 is 2.30 bits per heavy atom. The highest BCUT2D eigenvalue weighted by molar-refractivity contribution is 7.49. The Morgan fingerprint density at radius 2 is 1.74 bits per heavy atom. The average Bonchev–Trinajstić information content (AvgIpc) is 2.55. The number of nitrogens with zero attached hydrogens (tertiary/aromatic N) is 1. The first-order valence-corrected chi connectivity index (χ1v) is 10.3. The van der Waals surface area contributed by atoms with Crippen LogP contribution in [0.2, 0.25) is 10.0 Å². The lowest BCUT2D eigenvalue weighted by molar-refractivity contribution is -0.385. The summed E-state index contributed by atoms with van der Waals surface area (Å²) in [5.41, 5.74) is -0.639. The molecule has 0 amide bonds. The highest BCUT2D eigenvalue weighted by Crippen LogP contribution is 2.64. The van der Waals surface area contributed by atoms with E-state index in [9.17, 15) is 14.7 Å². The topological polar surface area (TPSA) is 87.9 Å². The van der Waals surface area contributed by atoms with E-state index in [2.05, 4.69) is 0 Å². The van der Waals surface area contributed by atoms with E-state index in [0.717, 1.165) is 6.07 Å². The van der Waals surface area contributed by atoms with Crippen LogP contribution in [0.3, 0.4) is 0 Å². The van der Waals surface area contributed by atoms with Crippen molar-refractivity contribution < 1.29 is 23.1 Å². The Bertz CT molecular complexity index is 948. The molecule has 2 unspecified atom stereocenters. The molecule has 3 rings (SSSR count). The van der Waals surface area contributed by atoms with E-state index in [0.29, 0.717) is 5.02 Å². The number of halogens is 5. The minimum Gasteiger partial charge on any atom is -0.395 e. The number of benzene rings is 2. The Kier molecular flexibility index (Phi) is 5.77. The molecule has 0 saturated carbocycles. The molecule has 144 valence electrons. The number of nitro groups is 1. The van der Waals surface area contributed by atoms with Gasteiger partial charge in [0.05, 0.1) is 4.92 Å². The van der Waals surface area contributed by atoms with Crippen molar-refractivity contribution in [3.05, 3.63) is 62.1 Å². The smallest absolute Gasteiger partial charge is 0.395 e. The molecule has 2 aromatic rings. The quantitative estimate of drug-likeness (QED) is 0.200. The van der Waals surface area contributed by atoms with Gasteiger partial charge >= 0.3 is 13.5 Å². The fourth-order valence-corrected chi connectivity index (χ4v) is 4.72. The summed E-state index contributed by atoms with van der Waals surface area (Å²) in [4.78, 5) is 10.6. The lowest BCUT2D eigenvalue weighted by Gasteiger charge is -2.33. The van der Waals surface area contributed by atoms with Gasteiger partial charge in [-0.3, -0.25) is 14.6 Å². The standard InChI is InChI=1S/C14H7Cl5NO6P/c15-7-1-3-9(4-2-7)24-27(23)25-12-10(13(26-27)14(17,18)19)5-8(16)6-11(12)20(21)22/h1-6,13H. The second-order valence-corrected chi connectivity index (χ2v) is 9.92. The largest absolute Gasteiger partial charge is 0.588 e. The highest BCUT2D eigenvalue weighted by Gasteiger charge is 2.51. The zero-order valence-electron chi connectivity index (χ0n) is 12.8. The summed E-state index contributed by atoms with van der Waals surface area (Å²) in [5.74, 6) is -0.366. The number of hydrogen-bond donors (Lipinski definition) is 0. The van der Waals surface area contributed by atoms with Crippen molar-refractivity contribution >= 4 is 71.5 Å². The van der Waals surface area contributed by atoms with Crippen molar-refractivity contribution in [1.82, 2.24) is 0 Å². The predicted molar refractivity (Wildman–Crippen MR) is 103 cm³/mol. The van der Waals surface area contributed by atoms with E-state index >= 15 is 0 Å². The second-order valence-electron chi connectivity index (χ2n) is 5.21. The van der Waals surface area contributed by atoms with Crippen LogP contribution in [0.1, 0.15) is 11.7 Å². The molecule has 1 aliphatic rings. The Labute approximate surface area is 177 Å². The molecule has 0 N–H and O–H groups in total. The molecule has 0 spiro atoms. The van der Waals surface area contributed by atoms with Gasteiger partial charge in [0, 0.05) is 21.7 Å². The summed E-state index contributed by atoms with van der Waals surface area (Å²) < 4.78 is 26.7. The van der Waals surface area contributed by atoms with Crippen LogP contribution in [-0.4, -0.2) is 8.72 Å². The molecule has 13 heteroatoms. The van der Waals surface area contributed by atoms with E-state index in [1.807, 2.05) is 0 Å². The fraction of sp³-hybridized carbons (Fsp3) is 0.143. The molecule has 0 saturated heterocycles. The van der Waals surface area contributed by atoms with Crippen LogP contribution >= 0.6 is 65.8 Å². The molecule has 7 nitrogen and oxygen atoms in total. The number of alkyl halides is 3. The van der Waals surface area contributed by atoms with E-state index in [4.69, 9.17) is 71.6 Å². The van der Waals surface area contributed by atoms with Gasteiger partial charge in [0.15, 0.2) is 0 Å². The number of phosphoric ester groups is 1. The minimum atomic E-state index is -4.46. The van der Waals surface area contributed by atoms with E-state index < -0.39 is 34.1 Å². The van der Waals surface area contributed by atoms with Gasteiger partial charge in [0.1, 0.15) is 11.9 Å². The SMILES string of the molecule is O=[N+]([O-])c1cc(Cl)cc2c1OP(=O)(Oc1ccc(Cl)cc1)OC2C(Cl)(Cl)Cl. The van der Waals surface area contributed by atoms with Crippen molar-refractivity contribution in [2.75, 3.05) is 0 Å². The third-order valence-corrected chi connectivity index (χ3v) is 5.68. The minimum absolute atomic E-state index is 0.0257. The third kappa shape index (κ3) is 4.57. The maximum atomic E-state index is 13.0. The summed E-state index contributed by atoms with van der Waals surface area (Å²) in [6.45, 7) is 0. The van der Waals surface area contributed by atoms with Crippen molar-refractivity contribution in [3.63, 3.8) is 0 Å². The molecule has 2 atom stereocenters. The van der Waals surface area contributed by atoms with Crippen molar-refractivity contribution in [3.8, 4) is 11.5 Å². The molecular weight excluding hydrogens is 486 g/mol. The van der Waals surface area contributed by atoms with E-state index in [1.165, 1.54) is 30.3 Å². The molecule has 27 heavy (non-hydrogen) atoms. The molecule has 2 aromatic carbocycles. The van der Waals surface area contributed by atoms with Gasteiger partial charge in [-0.25, -0.2) is 4.57 Å².